The van der Waals surface area contributed by atoms with E-state index in [0.717, 1.165) is 5.56 Å². The molecule has 0 aromatic heterocycles. The molecule has 0 radical (unpaired) electrons. The molecule has 2 aromatic rings. The van der Waals surface area contributed by atoms with E-state index in [0.29, 0.717) is 41.2 Å². The minimum atomic E-state index is -0.477. The molecule has 1 aliphatic heterocycles. The number of carbonyl (C=O) groups is 3. The monoisotopic (exact) mass is 494 g/mol. The Morgan fingerprint density at radius 1 is 1.19 bits per heavy atom. The van der Waals surface area contributed by atoms with Gasteiger partial charge in [-0.05, 0) is 42.2 Å². The zero-order chi connectivity index (χ0) is 26.9. The highest BCUT2D eigenvalue weighted by molar-refractivity contribution is 6.08. The van der Waals surface area contributed by atoms with E-state index in [1.54, 1.807) is 30.1 Å². The van der Waals surface area contributed by atoms with E-state index in [9.17, 15) is 19.5 Å². The van der Waals surface area contributed by atoms with Crippen LogP contribution in [-0.4, -0.2) is 60.7 Å². The van der Waals surface area contributed by atoms with Crippen molar-refractivity contribution >= 4 is 29.1 Å². The number of carbonyl (C=O) groups excluding carboxylic acids is 3. The molecular weight excluding hydrogens is 460 g/mol. The number of hydrogen-bond donors (Lipinski definition) is 3. The number of ketones is 1. The summed E-state index contributed by atoms with van der Waals surface area (Å²) in [5.41, 5.74) is 2.37. The molecule has 0 saturated carbocycles. The van der Waals surface area contributed by atoms with E-state index >= 15 is 0 Å². The number of phenolic OH excluding ortho intramolecular Hbond substituents is 1. The van der Waals surface area contributed by atoms with Crippen LogP contribution in [0.4, 0.5) is 5.69 Å². The van der Waals surface area contributed by atoms with E-state index in [1.807, 2.05) is 27.7 Å². The molecule has 0 bridgehead atoms. The summed E-state index contributed by atoms with van der Waals surface area (Å²) < 4.78 is 5.64. The Balaban J connectivity index is 1.96. The van der Waals surface area contributed by atoms with Crippen LogP contribution in [0.3, 0.4) is 0 Å². The van der Waals surface area contributed by atoms with Crippen molar-refractivity contribution < 1.29 is 24.2 Å². The van der Waals surface area contributed by atoms with E-state index in [-0.39, 0.29) is 41.4 Å². The van der Waals surface area contributed by atoms with Gasteiger partial charge in [0.05, 0.1) is 24.4 Å². The number of rotatable bonds is 7. The highest BCUT2D eigenvalue weighted by atomic mass is 16.5. The molecular formula is C27H34N4O5. The largest absolute Gasteiger partial charge is 0.505 e. The van der Waals surface area contributed by atoms with Crippen LogP contribution in [0.5, 0.6) is 11.5 Å². The van der Waals surface area contributed by atoms with Gasteiger partial charge in [0, 0.05) is 44.3 Å². The van der Waals surface area contributed by atoms with Gasteiger partial charge in [-0.1, -0.05) is 20.8 Å². The number of hydrogen-bond acceptors (Lipinski definition) is 6. The van der Waals surface area contributed by atoms with Gasteiger partial charge in [-0.2, -0.15) is 0 Å². The SMILES string of the molecule is CCOc1cc2c(cc1C(=O)NC)C(=N)N(CC(=O)c1cc(N(C)C(C)=O)c(O)c(C(C)(C)C)c1)C2. The standard InChI is InChI=1S/C27H34N4O5/c1-8-36-23-11-17-13-31(25(28)18(17)12-19(23)26(35)29-6)14-22(33)16-9-20(27(3,4)5)24(34)21(10-16)30(7)15(2)32/h9-12,28,34H,8,13-14H2,1-7H3,(H,29,35). The van der Waals surface area contributed by atoms with Gasteiger partial charge < -0.3 is 25.0 Å². The molecule has 1 aliphatic rings. The molecule has 0 fully saturated rings. The van der Waals surface area contributed by atoms with Crippen LogP contribution in [0.2, 0.25) is 0 Å². The first-order valence-electron chi connectivity index (χ1n) is 11.8. The van der Waals surface area contributed by atoms with E-state index in [1.165, 1.54) is 24.9 Å². The van der Waals surface area contributed by atoms with Crippen LogP contribution < -0.4 is 15.0 Å². The van der Waals surface area contributed by atoms with Gasteiger partial charge in [-0.3, -0.25) is 19.8 Å². The Bertz CT molecular complexity index is 1250. The van der Waals surface area contributed by atoms with Crippen LogP contribution in [0.1, 0.15) is 72.0 Å². The lowest BCUT2D eigenvalue weighted by atomic mass is 9.84. The molecule has 2 aromatic carbocycles. The summed E-state index contributed by atoms with van der Waals surface area (Å²) in [6.45, 7) is 9.59. The minimum Gasteiger partial charge on any atom is -0.505 e. The van der Waals surface area contributed by atoms with Crippen molar-refractivity contribution in [2.45, 2.75) is 46.6 Å². The maximum atomic E-state index is 13.4. The Labute approximate surface area is 211 Å². The molecule has 192 valence electrons. The molecule has 9 heteroatoms. The van der Waals surface area contributed by atoms with Gasteiger partial charge in [-0.25, -0.2) is 0 Å². The van der Waals surface area contributed by atoms with Crippen molar-refractivity contribution in [3.8, 4) is 11.5 Å². The van der Waals surface area contributed by atoms with E-state index in [2.05, 4.69) is 5.32 Å². The molecule has 3 rings (SSSR count). The first-order valence-corrected chi connectivity index (χ1v) is 11.8. The van der Waals surface area contributed by atoms with Crippen molar-refractivity contribution in [3.05, 3.63) is 52.1 Å². The number of amides is 2. The highest BCUT2D eigenvalue weighted by Crippen LogP contribution is 2.39. The number of anilines is 1. The molecule has 0 atom stereocenters. The van der Waals surface area contributed by atoms with Gasteiger partial charge in [-0.15, -0.1) is 0 Å². The normalized spacial score (nSPS) is 12.9. The van der Waals surface area contributed by atoms with Crippen molar-refractivity contribution in [2.24, 2.45) is 0 Å². The molecule has 1 heterocycles. The van der Waals surface area contributed by atoms with E-state index in [4.69, 9.17) is 10.1 Å². The summed E-state index contributed by atoms with van der Waals surface area (Å²) in [5.74, 6) is -0.312. The topological polar surface area (TPSA) is 123 Å². The molecule has 0 aliphatic carbocycles. The van der Waals surface area contributed by atoms with Crippen molar-refractivity contribution in [1.29, 1.82) is 5.41 Å². The second-order valence-corrected chi connectivity index (χ2v) is 9.87. The van der Waals surface area contributed by atoms with Gasteiger partial charge in [0.15, 0.2) is 5.78 Å². The first-order chi connectivity index (χ1) is 16.8. The summed E-state index contributed by atoms with van der Waals surface area (Å²) in [7, 11) is 3.08. The van der Waals surface area contributed by atoms with Gasteiger partial charge >= 0.3 is 0 Å². The fraction of sp³-hybridized carbons (Fsp3) is 0.407. The third-order valence-electron chi connectivity index (χ3n) is 6.30. The van der Waals surface area contributed by atoms with Crippen LogP contribution in [0.15, 0.2) is 24.3 Å². The number of nitrogens with one attached hydrogen (secondary N) is 2. The quantitative estimate of drug-likeness (QED) is 0.507. The number of benzene rings is 2. The fourth-order valence-corrected chi connectivity index (χ4v) is 4.19. The van der Waals surface area contributed by atoms with Gasteiger partial charge in [0.2, 0.25) is 5.91 Å². The lowest BCUT2D eigenvalue weighted by Crippen LogP contribution is -2.31. The second kappa shape index (κ2) is 10.0. The van der Waals surface area contributed by atoms with Gasteiger partial charge in [0.1, 0.15) is 17.3 Å². The summed E-state index contributed by atoms with van der Waals surface area (Å²) >= 11 is 0. The summed E-state index contributed by atoms with van der Waals surface area (Å²) in [5, 5.41) is 22.1. The van der Waals surface area contributed by atoms with Crippen molar-refractivity contribution in [1.82, 2.24) is 10.2 Å². The number of fused-ring (bicyclic) bond motifs is 1. The number of Topliss-reactive ketones (excluding diaryl/α,β-unsaturated/α-hetero) is 1. The number of aromatic hydroxyl groups is 1. The van der Waals surface area contributed by atoms with Gasteiger partial charge in [0.25, 0.3) is 5.91 Å². The maximum absolute atomic E-state index is 13.4. The number of ether oxygens (including phenoxy) is 1. The lowest BCUT2D eigenvalue weighted by molar-refractivity contribution is -0.116. The maximum Gasteiger partial charge on any atom is 0.254 e. The number of nitrogens with zero attached hydrogens (tertiary/aromatic N) is 2. The summed E-state index contributed by atoms with van der Waals surface area (Å²) in [4.78, 5) is 40.7. The van der Waals surface area contributed by atoms with Crippen LogP contribution in [0, 0.1) is 5.41 Å². The second-order valence-electron chi connectivity index (χ2n) is 9.87. The molecule has 2 amide bonds. The Morgan fingerprint density at radius 2 is 1.86 bits per heavy atom. The summed E-state index contributed by atoms with van der Waals surface area (Å²) in [6.07, 6.45) is 0. The molecule has 0 spiro atoms. The molecule has 0 unspecified atom stereocenters. The lowest BCUT2D eigenvalue weighted by Gasteiger charge is -2.26. The summed E-state index contributed by atoms with van der Waals surface area (Å²) in [6, 6.07) is 6.54. The smallest absolute Gasteiger partial charge is 0.254 e. The third kappa shape index (κ3) is 5.05. The average Bonchev–Trinajstić information content (AvgIpc) is 3.11. The Kier molecular flexibility index (Phi) is 7.43. The number of phenols is 1. The molecule has 9 nitrogen and oxygen atoms in total. The average molecular weight is 495 g/mol. The zero-order valence-corrected chi connectivity index (χ0v) is 21.9. The van der Waals surface area contributed by atoms with E-state index < -0.39 is 5.41 Å². The fourth-order valence-electron chi connectivity index (χ4n) is 4.19. The van der Waals surface area contributed by atoms with Crippen LogP contribution in [0.25, 0.3) is 0 Å². The van der Waals surface area contributed by atoms with Crippen molar-refractivity contribution in [2.75, 3.05) is 32.1 Å². The third-order valence-corrected chi connectivity index (χ3v) is 6.30. The first kappa shape index (κ1) is 26.7. The number of amidine groups is 1. The highest BCUT2D eigenvalue weighted by Gasteiger charge is 2.31. The molecule has 0 saturated heterocycles. The Hall–Kier alpha value is -3.88. The van der Waals surface area contributed by atoms with Crippen molar-refractivity contribution in [3.63, 3.8) is 0 Å². The predicted molar refractivity (Wildman–Crippen MR) is 138 cm³/mol. The van der Waals surface area contributed by atoms with Crippen LogP contribution >= 0.6 is 0 Å². The minimum absolute atomic E-state index is 0.0387. The van der Waals surface area contributed by atoms with Crippen LogP contribution in [-0.2, 0) is 16.8 Å². The zero-order valence-electron chi connectivity index (χ0n) is 21.9. The molecule has 36 heavy (non-hydrogen) atoms. The molecule has 3 N–H and O–H groups in total. The predicted octanol–water partition coefficient (Wildman–Crippen LogP) is 3.45. The Morgan fingerprint density at radius 3 is 2.42 bits per heavy atom.